The van der Waals surface area contributed by atoms with Gasteiger partial charge in [-0.15, -0.1) is 11.3 Å². The van der Waals surface area contributed by atoms with E-state index < -0.39 is 10.0 Å². The minimum absolute atomic E-state index is 0.243. The van der Waals surface area contributed by atoms with E-state index in [-0.39, 0.29) is 5.75 Å². The molecule has 29 heavy (non-hydrogen) atoms. The predicted molar refractivity (Wildman–Crippen MR) is 122 cm³/mol. The molecule has 3 heterocycles. The van der Waals surface area contributed by atoms with Crippen molar-refractivity contribution >= 4 is 32.3 Å². The Hall–Kier alpha value is -1.67. The highest BCUT2D eigenvalue weighted by Crippen LogP contribution is 2.36. The molecule has 0 bridgehead atoms. The lowest BCUT2D eigenvalue weighted by Gasteiger charge is -2.31. The van der Waals surface area contributed by atoms with Crippen LogP contribution < -0.4 is 0 Å². The summed E-state index contributed by atoms with van der Waals surface area (Å²) in [5.74, 6) is 0.642. The lowest BCUT2D eigenvalue weighted by molar-refractivity contribution is 0.319. The topological polar surface area (TPSA) is 56.4 Å². The summed E-state index contributed by atoms with van der Waals surface area (Å²) in [7, 11) is 0.801. The molecule has 0 aliphatic carbocycles. The second kappa shape index (κ2) is 8.60. The molecular formula is C22H29N3O2S2. The van der Waals surface area contributed by atoms with Crippen molar-refractivity contribution in [3.8, 4) is 10.4 Å². The smallest absolute Gasteiger partial charge is 0.214 e. The molecule has 0 atom stereocenters. The standard InChI is InChI=1S/C22H29N3O2S2/c1-24(2)10-4-14-29(26,27)25-11-8-17(9-12-25)20-16-23-21-7-6-18(15-19(20)21)22-5-3-13-28-22/h3,5-7,13,15-17,23H,4,8-12,14H2,1-2H3. The fourth-order valence-electron chi connectivity index (χ4n) is 4.21. The van der Waals surface area contributed by atoms with Crippen LogP contribution in [0.15, 0.2) is 41.9 Å². The van der Waals surface area contributed by atoms with Crippen LogP contribution in [0.25, 0.3) is 21.3 Å². The number of thiophene rings is 1. The second-order valence-corrected chi connectivity index (χ2v) is 11.2. The van der Waals surface area contributed by atoms with Crippen LogP contribution in [0.1, 0.15) is 30.7 Å². The molecule has 3 aromatic rings. The third kappa shape index (κ3) is 4.58. The van der Waals surface area contributed by atoms with E-state index in [0.29, 0.717) is 25.4 Å². The number of hydrogen-bond acceptors (Lipinski definition) is 4. The first-order valence-electron chi connectivity index (χ1n) is 10.2. The van der Waals surface area contributed by atoms with E-state index >= 15 is 0 Å². The van der Waals surface area contributed by atoms with E-state index in [1.54, 1.807) is 15.6 Å². The van der Waals surface area contributed by atoms with Crippen LogP contribution in [0.4, 0.5) is 0 Å². The first-order valence-corrected chi connectivity index (χ1v) is 12.7. The molecule has 1 aromatic carbocycles. The lowest BCUT2D eigenvalue weighted by Crippen LogP contribution is -2.39. The van der Waals surface area contributed by atoms with Crippen molar-refractivity contribution in [2.24, 2.45) is 0 Å². The van der Waals surface area contributed by atoms with Gasteiger partial charge in [0.15, 0.2) is 0 Å². The molecular weight excluding hydrogens is 402 g/mol. The monoisotopic (exact) mass is 431 g/mol. The van der Waals surface area contributed by atoms with Gasteiger partial charge in [-0.3, -0.25) is 0 Å². The molecule has 156 valence electrons. The van der Waals surface area contributed by atoms with Gasteiger partial charge >= 0.3 is 0 Å². The van der Waals surface area contributed by atoms with Crippen molar-refractivity contribution in [3.05, 3.63) is 47.5 Å². The normalized spacial score (nSPS) is 16.8. The highest BCUT2D eigenvalue weighted by molar-refractivity contribution is 7.89. The van der Waals surface area contributed by atoms with Gasteiger partial charge in [-0.05, 0) is 80.5 Å². The Kier molecular flexibility index (Phi) is 6.11. The number of sulfonamides is 1. The molecule has 5 nitrogen and oxygen atoms in total. The van der Waals surface area contributed by atoms with Crippen LogP contribution in [-0.2, 0) is 10.0 Å². The van der Waals surface area contributed by atoms with Gasteiger partial charge in [0.1, 0.15) is 0 Å². The summed E-state index contributed by atoms with van der Waals surface area (Å²) in [5.41, 5.74) is 3.72. The van der Waals surface area contributed by atoms with Gasteiger partial charge in [0.2, 0.25) is 10.0 Å². The van der Waals surface area contributed by atoms with E-state index in [1.165, 1.54) is 21.4 Å². The van der Waals surface area contributed by atoms with Crippen molar-refractivity contribution < 1.29 is 8.42 Å². The maximum Gasteiger partial charge on any atom is 0.214 e. The summed E-state index contributed by atoms with van der Waals surface area (Å²) in [4.78, 5) is 6.71. The van der Waals surface area contributed by atoms with Gasteiger partial charge in [-0.25, -0.2) is 12.7 Å². The van der Waals surface area contributed by atoms with Crippen LogP contribution in [0.2, 0.25) is 0 Å². The Morgan fingerprint density at radius 2 is 2.00 bits per heavy atom. The number of aromatic nitrogens is 1. The van der Waals surface area contributed by atoms with Crippen LogP contribution in [0.5, 0.6) is 0 Å². The molecule has 1 N–H and O–H groups in total. The number of hydrogen-bond donors (Lipinski definition) is 1. The van der Waals surface area contributed by atoms with Gasteiger partial charge in [0, 0.05) is 35.1 Å². The maximum absolute atomic E-state index is 12.7. The summed E-state index contributed by atoms with van der Waals surface area (Å²) < 4.78 is 27.0. The fraction of sp³-hybridized carbons (Fsp3) is 0.455. The molecule has 0 spiro atoms. The molecule has 0 amide bonds. The zero-order valence-corrected chi connectivity index (χ0v) is 18.7. The number of nitrogens with zero attached hydrogens (tertiary/aromatic N) is 2. The number of benzene rings is 1. The van der Waals surface area contributed by atoms with E-state index in [9.17, 15) is 8.42 Å². The third-order valence-electron chi connectivity index (χ3n) is 5.81. The number of nitrogens with one attached hydrogen (secondary N) is 1. The Balaban J connectivity index is 1.46. The summed E-state index contributed by atoms with van der Waals surface area (Å²) in [5, 5.41) is 3.37. The third-order valence-corrected chi connectivity index (χ3v) is 8.69. The molecule has 1 fully saturated rings. The Morgan fingerprint density at radius 1 is 1.21 bits per heavy atom. The van der Waals surface area contributed by atoms with Crippen LogP contribution in [0.3, 0.4) is 0 Å². The van der Waals surface area contributed by atoms with Crippen LogP contribution in [-0.4, -0.2) is 62.1 Å². The quantitative estimate of drug-likeness (QED) is 0.605. The summed E-state index contributed by atoms with van der Waals surface area (Å²) in [6.07, 6.45) is 4.56. The SMILES string of the molecule is CN(C)CCCS(=O)(=O)N1CCC(c2c[nH]c3ccc(-c4cccs4)cc23)CC1. The number of piperidine rings is 1. The number of H-pyrrole nitrogens is 1. The van der Waals surface area contributed by atoms with Gasteiger partial charge in [0.05, 0.1) is 5.75 Å². The number of aromatic amines is 1. The molecule has 1 saturated heterocycles. The Bertz CT molecular complexity index is 1050. The van der Waals surface area contributed by atoms with Gasteiger partial charge in [-0.1, -0.05) is 12.1 Å². The molecule has 7 heteroatoms. The van der Waals surface area contributed by atoms with Gasteiger partial charge in [0.25, 0.3) is 0 Å². The molecule has 0 saturated carbocycles. The number of rotatable bonds is 7. The Morgan fingerprint density at radius 3 is 2.69 bits per heavy atom. The average Bonchev–Trinajstić information content (AvgIpc) is 3.37. The first kappa shape index (κ1) is 20.6. The zero-order chi connectivity index (χ0) is 20.4. The van der Waals surface area contributed by atoms with E-state index in [4.69, 9.17) is 0 Å². The molecule has 0 unspecified atom stereocenters. The largest absolute Gasteiger partial charge is 0.361 e. The molecule has 0 radical (unpaired) electrons. The summed E-state index contributed by atoms with van der Waals surface area (Å²) in [6, 6.07) is 10.8. The molecule has 1 aliphatic heterocycles. The van der Waals surface area contributed by atoms with E-state index in [0.717, 1.165) is 24.9 Å². The van der Waals surface area contributed by atoms with Crippen molar-refractivity contribution in [3.63, 3.8) is 0 Å². The highest BCUT2D eigenvalue weighted by Gasteiger charge is 2.29. The first-order chi connectivity index (χ1) is 13.9. The van der Waals surface area contributed by atoms with Crippen LogP contribution >= 0.6 is 11.3 Å². The average molecular weight is 432 g/mol. The van der Waals surface area contributed by atoms with Crippen molar-refractivity contribution in [1.29, 1.82) is 0 Å². The molecule has 4 rings (SSSR count). The minimum Gasteiger partial charge on any atom is -0.361 e. The lowest BCUT2D eigenvalue weighted by atomic mass is 9.89. The minimum atomic E-state index is -3.15. The van der Waals surface area contributed by atoms with Crippen molar-refractivity contribution in [2.75, 3.05) is 39.5 Å². The highest BCUT2D eigenvalue weighted by atomic mass is 32.2. The predicted octanol–water partition coefficient (Wildman–Crippen LogP) is 4.36. The van der Waals surface area contributed by atoms with Crippen LogP contribution in [0, 0.1) is 0 Å². The molecule has 1 aliphatic rings. The second-order valence-electron chi connectivity index (χ2n) is 8.13. The van der Waals surface area contributed by atoms with Gasteiger partial charge in [-0.2, -0.15) is 0 Å². The summed E-state index contributed by atoms with van der Waals surface area (Å²) >= 11 is 1.75. The Labute approximate surface area is 177 Å². The van der Waals surface area contributed by atoms with E-state index in [1.807, 2.05) is 19.0 Å². The van der Waals surface area contributed by atoms with Crippen molar-refractivity contribution in [2.45, 2.75) is 25.2 Å². The van der Waals surface area contributed by atoms with E-state index in [2.05, 4.69) is 46.9 Å². The molecule has 2 aromatic heterocycles. The maximum atomic E-state index is 12.7. The van der Waals surface area contributed by atoms with Crippen molar-refractivity contribution in [1.82, 2.24) is 14.2 Å². The van der Waals surface area contributed by atoms with Gasteiger partial charge < -0.3 is 9.88 Å². The number of fused-ring (bicyclic) bond motifs is 1. The summed E-state index contributed by atoms with van der Waals surface area (Å²) in [6.45, 7) is 2.04. The fourth-order valence-corrected chi connectivity index (χ4v) is 6.46. The zero-order valence-electron chi connectivity index (χ0n) is 17.1.